The number of anilines is 1. The van der Waals surface area contributed by atoms with Gasteiger partial charge in [-0.05, 0) is 36.6 Å². The summed E-state index contributed by atoms with van der Waals surface area (Å²) in [5, 5.41) is 3.11. The van der Waals surface area contributed by atoms with Crippen molar-refractivity contribution in [1.29, 1.82) is 0 Å². The third-order valence-electron chi connectivity index (χ3n) is 3.47. The van der Waals surface area contributed by atoms with E-state index in [4.69, 9.17) is 10.5 Å². The second kappa shape index (κ2) is 11.0. The lowest BCUT2D eigenvalue weighted by Gasteiger charge is -2.09. The standard InChI is InChI=1S/C19H25N3O.HI/c1-3-12-23-14-17-7-5-4-6-16(17)13-21-19(20)22-18-10-8-15(2)9-11-18;/h4-11H,3,12-14H2,1-2H3,(H3,20,21,22);1H. The predicted octanol–water partition coefficient (Wildman–Crippen LogP) is 4.47. The highest BCUT2D eigenvalue weighted by Crippen LogP contribution is 2.12. The van der Waals surface area contributed by atoms with Crippen LogP contribution in [0.25, 0.3) is 0 Å². The molecule has 2 aromatic carbocycles. The first kappa shape index (κ1) is 20.4. The molecule has 0 atom stereocenters. The Balaban J connectivity index is 0.00000288. The van der Waals surface area contributed by atoms with Crippen LogP contribution in [0.5, 0.6) is 0 Å². The first-order valence-corrected chi connectivity index (χ1v) is 7.97. The van der Waals surface area contributed by atoms with Crippen molar-refractivity contribution in [2.24, 2.45) is 10.7 Å². The lowest BCUT2D eigenvalue weighted by molar-refractivity contribution is 0.121. The number of guanidine groups is 1. The fraction of sp³-hybridized carbons (Fsp3) is 0.316. The van der Waals surface area contributed by atoms with Crippen LogP contribution in [0.15, 0.2) is 53.5 Å². The molecule has 0 heterocycles. The van der Waals surface area contributed by atoms with Gasteiger partial charge in [0.15, 0.2) is 5.96 Å². The zero-order valence-corrected chi connectivity index (χ0v) is 16.6. The molecule has 0 aromatic heterocycles. The Bertz CT molecular complexity index is 641. The van der Waals surface area contributed by atoms with Gasteiger partial charge in [-0.2, -0.15) is 0 Å². The lowest BCUT2D eigenvalue weighted by atomic mass is 10.1. The predicted molar refractivity (Wildman–Crippen MR) is 112 cm³/mol. The molecule has 0 amide bonds. The van der Waals surface area contributed by atoms with E-state index in [9.17, 15) is 0 Å². The molecule has 5 heteroatoms. The van der Waals surface area contributed by atoms with E-state index >= 15 is 0 Å². The van der Waals surface area contributed by atoms with Crippen LogP contribution < -0.4 is 11.1 Å². The molecular formula is C19H26IN3O. The van der Waals surface area contributed by atoms with Gasteiger partial charge in [0.2, 0.25) is 0 Å². The largest absolute Gasteiger partial charge is 0.377 e. The van der Waals surface area contributed by atoms with E-state index in [1.54, 1.807) is 0 Å². The van der Waals surface area contributed by atoms with Crippen molar-refractivity contribution in [1.82, 2.24) is 0 Å². The molecule has 0 saturated carbocycles. The number of hydrogen-bond acceptors (Lipinski definition) is 2. The number of nitrogens with two attached hydrogens (primary N) is 1. The van der Waals surface area contributed by atoms with Crippen molar-refractivity contribution in [3.05, 3.63) is 65.2 Å². The molecule has 0 aliphatic rings. The maximum atomic E-state index is 5.97. The van der Waals surface area contributed by atoms with E-state index in [1.807, 2.05) is 36.4 Å². The van der Waals surface area contributed by atoms with Crippen molar-refractivity contribution >= 4 is 35.6 Å². The van der Waals surface area contributed by atoms with Crippen LogP contribution in [0.1, 0.15) is 30.0 Å². The number of hydrogen-bond donors (Lipinski definition) is 2. The minimum atomic E-state index is 0. The van der Waals surface area contributed by atoms with Crippen molar-refractivity contribution in [3.8, 4) is 0 Å². The molecule has 0 unspecified atom stereocenters. The van der Waals surface area contributed by atoms with Crippen LogP contribution in [-0.2, 0) is 17.9 Å². The Morgan fingerprint density at radius 2 is 1.75 bits per heavy atom. The number of nitrogens with one attached hydrogen (secondary N) is 1. The molecule has 0 aliphatic carbocycles. The summed E-state index contributed by atoms with van der Waals surface area (Å²) in [6.07, 6.45) is 1.02. The number of ether oxygens (including phenoxy) is 1. The number of aryl methyl sites for hydroxylation is 1. The lowest BCUT2D eigenvalue weighted by Crippen LogP contribution is -2.22. The number of halogens is 1. The zero-order valence-electron chi connectivity index (χ0n) is 14.3. The summed E-state index contributed by atoms with van der Waals surface area (Å²) in [7, 11) is 0. The quantitative estimate of drug-likeness (QED) is 0.290. The average molecular weight is 439 g/mol. The summed E-state index contributed by atoms with van der Waals surface area (Å²) >= 11 is 0. The third-order valence-corrected chi connectivity index (χ3v) is 3.47. The fourth-order valence-electron chi connectivity index (χ4n) is 2.17. The monoisotopic (exact) mass is 439 g/mol. The Morgan fingerprint density at radius 3 is 2.42 bits per heavy atom. The average Bonchev–Trinajstić information content (AvgIpc) is 2.56. The van der Waals surface area contributed by atoms with E-state index in [-0.39, 0.29) is 24.0 Å². The SMILES string of the molecule is CCCOCc1ccccc1CN=C(N)Nc1ccc(C)cc1.I. The van der Waals surface area contributed by atoms with Crippen LogP contribution in [-0.4, -0.2) is 12.6 Å². The van der Waals surface area contributed by atoms with Crippen LogP contribution in [0, 0.1) is 6.92 Å². The van der Waals surface area contributed by atoms with E-state index in [0.29, 0.717) is 19.1 Å². The first-order chi connectivity index (χ1) is 11.2. The molecule has 130 valence electrons. The summed E-state index contributed by atoms with van der Waals surface area (Å²) in [6, 6.07) is 16.2. The van der Waals surface area contributed by atoms with Crippen molar-refractivity contribution in [2.45, 2.75) is 33.4 Å². The van der Waals surface area contributed by atoms with Crippen molar-refractivity contribution < 1.29 is 4.74 Å². The van der Waals surface area contributed by atoms with Gasteiger partial charge in [0.05, 0.1) is 13.2 Å². The second-order valence-electron chi connectivity index (χ2n) is 5.51. The number of aliphatic imine (C=N–C) groups is 1. The second-order valence-corrected chi connectivity index (χ2v) is 5.51. The molecule has 2 aromatic rings. The zero-order chi connectivity index (χ0) is 16.5. The summed E-state index contributed by atoms with van der Waals surface area (Å²) < 4.78 is 5.63. The van der Waals surface area contributed by atoms with Gasteiger partial charge < -0.3 is 15.8 Å². The van der Waals surface area contributed by atoms with Gasteiger partial charge in [-0.1, -0.05) is 48.9 Å². The van der Waals surface area contributed by atoms with Crippen LogP contribution >= 0.6 is 24.0 Å². The van der Waals surface area contributed by atoms with Crippen LogP contribution in [0.4, 0.5) is 5.69 Å². The number of nitrogens with zero attached hydrogens (tertiary/aromatic N) is 1. The molecule has 0 bridgehead atoms. The van der Waals surface area contributed by atoms with E-state index < -0.39 is 0 Å². The number of benzene rings is 2. The van der Waals surface area contributed by atoms with Gasteiger partial charge in [-0.25, -0.2) is 4.99 Å². The van der Waals surface area contributed by atoms with Crippen LogP contribution in [0.2, 0.25) is 0 Å². The highest BCUT2D eigenvalue weighted by molar-refractivity contribution is 14.0. The molecule has 2 rings (SSSR count). The summed E-state index contributed by atoms with van der Waals surface area (Å²) in [5.41, 5.74) is 10.4. The van der Waals surface area contributed by atoms with Crippen molar-refractivity contribution in [3.63, 3.8) is 0 Å². The summed E-state index contributed by atoms with van der Waals surface area (Å²) in [5.74, 6) is 0.415. The van der Waals surface area contributed by atoms with Crippen LogP contribution in [0.3, 0.4) is 0 Å². The first-order valence-electron chi connectivity index (χ1n) is 7.97. The highest BCUT2D eigenvalue weighted by atomic mass is 127. The van der Waals surface area contributed by atoms with Gasteiger partial charge in [0.1, 0.15) is 0 Å². The van der Waals surface area contributed by atoms with Gasteiger partial charge in [-0.15, -0.1) is 24.0 Å². The van der Waals surface area contributed by atoms with E-state index in [0.717, 1.165) is 29.8 Å². The molecule has 0 spiro atoms. The van der Waals surface area contributed by atoms with Gasteiger partial charge in [0.25, 0.3) is 0 Å². The summed E-state index contributed by atoms with van der Waals surface area (Å²) in [6.45, 7) is 6.09. The maximum absolute atomic E-state index is 5.97. The minimum absolute atomic E-state index is 0. The molecule has 0 fully saturated rings. The molecule has 24 heavy (non-hydrogen) atoms. The number of rotatable bonds is 7. The molecule has 0 aliphatic heterocycles. The topological polar surface area (TPSA) is 59.6 Å². The highest BCUT2D eigenvalue weighted by Gasteiger charge is 2.02. The Hall–Kier alpha value is -1.60. The molecular weight excluding hydrogens is 413 g/mol. The van der Waals surface area contributed by atoms with Gasteiger partial charge in [0, 0.05) is 12.3 Å². The van der Waals surface area contributed by atoms with Gasteiger partial charge in [-0.3, -0.25) is 0 Å². The van der Waals surface area contributed by atoms with E-state index in [1.165, 1.54) is 5.56 Å². The molecule has 3 N–H and O–H groups in total. The van der Waals surface area contributed by atoms with Crippen molar-refractivity contribution in [2.75, 3.05) is 11.9 Å². The maximum Gasteiger partial charge on any atom is 0.193 e. The fourth-order valence-corrected chi connectivity index (χ4v) is 2.17. The smallest absolute Gasteiger partial charge is 0.193 e. The normalized spacial score (nSPS) is 11.0. The van der Waals surface area contributed by atoms with Gasteiger partial charge >= 0.3 is 0 Å². The Labute approximate surface area is 161 Å². The Kier molecular flexibility index (Phi) is 9.41. The Morgan fingerprint density at radius 1 is 1.08 bits per heavy atom. The van der Waals surface area contributed by atoms with E-state index in [2.05, 4.69) is 36.3 Å². The molecule has 0 radical (unpaired) electrons. The molecule has 4 nitrogen and oxygen atoms in total. The minimum Gasteiger partial charge on any atom is -0.377 e. The summed E-state index contributed by atoms with van der Waals surface area (Å²) in [4.78, 5) is 4.43. The third kappa shape index (κ3) is 6.88. The molecule has 0 saturated heterocycles.